The van der Waals surface area contributed by atoms with Crippen LogP contribution in [0.25, 0.3) is 11.5 Å². The van der Waals surface area contributed by atoms with Crippen LogP contribution in [0, 0.1) is 6.92 Å². The van der Waals surface area contributed by atoms with Gasteiger partial charge in [-0.2, -0.15) is 0 Å². The number of hydrogen-bond donors (Lipinski definition) is 0. The lowest BCUT2D eigenvalue weighted by atomic mass is 10.2. The van der Waals surface area contributed by atoms with Crippen LogP contribution in [0.1, 0.15) is 17.0 Å². The van der Waals surface area contributed by atoms with E-state index in [1.54, 1.807) is 19.1 Å². The molecule has 3 rings (SSSR count). The number of benzene rings is 2. The average Bonchev–Trinajstić information content (AvgIpc) is 2.96. The summed E-state index contributed by atoms with van der Waals surface area (Å²) < 4.78 is 31.1. The summed E-state index contributed by atoms with van der Waals surface area (Å²) in [6, 6.07) is 16.4. The predicted octanol–water partition coefficient (Wildman–Crippen LogP) is 3.69. The minimum absolute atomic E-state index is 0.178. The zero-order valence-corrected chi connectivity index (χ0v) is 16.0. The van der Waals surface area contributed by atoms with Gasteiger partial charge in [0.1, 0.15) is 11.5 Å². The van der Waals surface area contributed by atoms with Crippen molar-refractivity contribution >= 4 is 9.84 Å². The summed E-state index contributed by atoms with van der Waals surface area (Å²) in [6.07, 6.45) is 0. The number of aryl methyl sites for hydroxylation is 1. The van der Waals surface area contributed by atoms with Crippen LogP contribution in [0.5, 0.6) is 0 Å². The summed E-state index contributed by atoms with van der Waals surface area (Å²) in [4.78, 5) is 6.73. The smallest absolute Gasteiger partial charge is 0.226 e. The van der Waals surface area contributed by atoms with Crippen molar-refractivity contribution in [3.8, 4) is 11.5 Å². The predicted molar refractivity (Wildman–Crippen MR) is 101 cm³/mol. The molecule has 0 saturated carbocycles. The molecule has 0 aliphatic heterocycles. The van der Waals surface area contributed by atoms with Crippen LogP contribution >= 0.6 is 0 Å². The maximum absolute atomic E-state index is 12.7. The molecule has 0 spiro atoms. The van der Waals surface area contributed by atoms with Gasteiger partial charge in [0.05, 0.1) is 10.6 Å². The third kappa shape index (κ3) is 4.20. The first-order valence-corrected chi connectivity index (χ1v) is 9.98. The monoisotopic (exact) mass is 370 g/mol. The van der Waals surface area contributed by atoms with Gasteiger partial charge in [0.2, 0.25) is 5.89 Å². The van der Waals surface area contributed by atoms with Crippen LogP contribution in [0.4, 0.5) is 0 Å². The number of sulfone groups is 1. The van der Waals surface area contributed by atoms with Crippen molar-refractivity contribution < 1.29 is 12.8 Å². The van der Waals surface area contributed by atoms with Crippen LogP contribution in [-0.4, -0.2) is 32.4 Å². The molecule has 3 aromatic rings. The van der Waals surface area contributed by atoms with Gasteiger partial charge in [0, 0.05) is 12.1 Å². The summed E-state index contributed by atoms with van der Waals surface area (Å²) in [7, 11) is 0.463. The Hall–Kier alpha value is -2.44. The Morgan fingerprint density at radius 1 is 1.00 bits per heavy atom. The standard InChI is InChI=1S/C20H22N2O3S/c1-15-19(21-20(25-15)17-7-5-4-6-8-17)14-26(23,24)18-11-9-16(10-12-18)13-22(2)3/h4-12H,13-14H2,1-3H3. The summed E-state index contributed by atoms with van der Waals surface area (Å²) in [5.41, 5.74) is 2.34. The van der Waals surface area contributed by atoms with E-state index in [-0.39, 0.29) is 5.75 Å². The first kappa shape index (κ1) is 18.4. The number of hydrogen-bond acceptors (Lipinski definition) is 5. The molecule has 0 atom stereocenters. The molecule has 0 N–H and O–H groups in total. The zero-order chi connectivity index (χ0) is 18.7. The second-order valence-electron chi connectivity index (χ2n) is 6.53. The van der Waals surface area contributed by atoms with Crippen LogP contribution in [0.3, 0.4) is 0 Å². The van der Waals surface area contributed by atoms with Crippen LogP contribution < -0.4 is 0 Å². The first-order valence-electron chi connectivity index (χ1n) is 8.33. The molecule has 0 radical (unpaired) electrons. The van der Waals surface area contributed by atoms with E-state index in [0.29, 0.717) is 22.2 Å². The number of nitrogens with zero attached hydrogens (tertiary/aromatic N) is 2. The van der Waals surface area contributed by atoms with Gasteiger partial charge in [0.15, 0.2) is 9.84 Å². The highest BCUT2D eigenvalue weighted by Crippen LogP contribution is 2.24. The fourth-order valence-electron chi connectivity index (χ4n) is 2.70. The van der Waals surface area contributed by atoms with E-state index in [1.165, 1.54) is 0 Å². The van der Waals surface area contributed by atoms with Gasteiger partial charge < -0.3 is 9.32 Å². The molecule has 0 fully saturated rings. The topological polar surface area (TPSA) is 63.4 Å². The molecule has 0 aliphatic rings. The molecule has 5 nitrogen and oxygen atoms in total. The van der Waals surface area contributed by atoms with Crippen molar-refractivity contribution in [3.63, 3.8) is 0 Å². The summed E-state index contributed by atoms with van der Waals surface area (Å²) in [6.45, 7) is 2.51. The molecule has 136 valence electrons. The Bertz CT molecular complexity index is 976. The highest BCUT2D eigenvalue weighted by atomic mass is 32.2. The lowest BCUT2D eigenvalue weighted by Crippen LogP contribution is -2.11. The van der Waals surface area contributed by atoms with Crippen LogP contribution in [0.2, 0.25) is 0 Å². The largest absolute Gasteiger partial charge is 0.441 e. The van der Waals surface area contributed by atoms with Crippen molar-refractivity contribution in [2.45, 2.75) is 24.1 Å². The van der Waals surface area contributed by atoms with Gasteiger partial charge in [0.25, 0.3) is 0 Å². The van der Waals surface area contributed by atoms with Gasteiger partial charge in [-0.05, 0) is 50.8 Å². The van der Waals surface area contributed by atoms with E-state index in [1.807, 2.05) is 61.5 Å². The number of rotatable bonds is 6. The van der Waals surface area contributed by atoms with Gasteiger partial charge in [-0.25, -0.2) is 13.4 Å². The normalized spacial score (nSPS) is 11.8. The molecule has 0 amide bonds. The maximum atomic E-state index is 12.7. The quantitative estimate of drug-likeness (QED) is 0.662. The van der Waals surface area contributed by atoms with E-state index in [2.05, 4.69) is 4.98 Å². The Kier molecular flexibility index (Phi) is 5.25. The van der Waals surface area contributed by atoms with E-state index < -0.39 is 9.84 Å². The third-order valence-electron chi connectivity index (χ3n) is 4.02. The highest BCUT2D eigenvalue weighted by Gasteiger charge is 2.21. The minimum atomic E-state index is -3.49. The van der Waals surface area contributed by atoms with Crippen molar-refractivity contribution in [2.75, 3.05) is 14.1 Å². The maximum Gasteiger partial charge on any atom is 0.226 e. The van der Waals surface area contributed by atoms with Crippen molar-refractivity contribution in [2.24, 2.45) is 0 Å². The number of oxazole rings is 1. The van der Waals surface area contributed by atoms with E-state index >= 15 is 0 Å². The van der Waals surface area contributed by atoms with E-state index in [4.69, 9.17) is 4.42 Å². The van der Waals surface area contributed by atoms with E-state index in [0.717, 1.165) is 17.7 Å². The SMILES string of the molecule is Cc1oc(-c2ccccc2)nc1CS(=O)(=O)c1ccc(CN(C)C)cc1. The Morgan fingerprint density at radius 2 is 1.65 bits per heavy atom. The Balaban J connectivity index is 1.82. The zero-order valence-electron chi connectivity index (χ0n) is 15.1. The fourth-order valence-corrected chi connectivity index (χ4v) is 4.04. The minimum Gasteiger partial charge on any atom is -0.441 e. The average molecular weight is 370 g/mol. The molecule has 0 saturated heterocycles. The molecule has 1 heterocycles. The second kappa shape index (κ2) is 7.43. The molecule has 1 aromatic heterocycles. The highest BCUT2D eigenvalue weighted by molar-refractivity contribution is 7.90. The molecular formula is C20H22N2O3S. The molecule has 0 unspecified atom stereocenters. The van der Waals surface area contributed by atoms with Gasteiger partial charge >= 0.3 is 0 Å². The summed E-state index contributed by atoms with van der Waals surface area (Å²) in [5, 5.41) is 0. The lowest BCUT2D eigenvalue weighted by Gasteiger charge is -2.10. The van der Waals surface area contributed by atoms with Gasteiger partial charge in [-0.15, -0.1) is 0 Å². The van der Waals surface area contributed by atoms with Crippen molar-refractivity contribution in [3.05, 3.63) is 71.6 Å². The first-order chi connectivity index (χ1) is 12.3. The second-order valence-corrected chi connectivity index (χ2v) is 8.52. The van der Waals surface area contributed by atoms with Gasteiger partial charge in [-0.3, -0.25) is 0 Å². The van der Waals surface area contributed by atoms with Crippen molar-refractivity contribution in [1.82, 2.24) is 9.88 Å². The lowest BCUT2D eigenvalue weighted by molar-refractivity contribution is 0.402. The van der Waals surface area contributed by atoms with Crippen molar-refractivity contribution in [1.29, 1.82) is 0 Å². The molecule has 0 aliphatic carbocycles. The Morgan fingerprint density at radius 3 is 2.27 bits per heavy atom. The summed E-state index contributed by atoms with van der Waals surface area (Å²) >= 11 is 0. The number of aromatic nitrogens is 1. The molecule has 0 bridgehead atoms. The molecular weight excluding hydrogens is 348 g/mol. The molecule has 2 aromatic carbocycles. The third-order valence-corrected chi connectivity index (χ3v) is 5.67. The Labute approximate surface area is 154 Å². The summed E-state index contributed by atoms with van der Waals surface area (Å²) in [5.74, 6) is 0.786. The van der Waals surface area contributed by atoms with Crippen LogP contribution in [0.15, 0.2) is 63.9 Å². The van der Waals surface area contributed by atoms with Gasteiger partial charge in [-0.1, -0.05) is 30.3 Å². The fraction of sp³-hybridized carbons (Fsp3) is 0.250. The molecule has 26 heavy (non-hydrogen) atoms. The van der Waals surface area contributed by atoms with E-state index in [9.17, 15) is 8.42 Å². The van der Waals surface area contributed by atoms with Crippen LogP contribution in [-0.2, 0) is 22.1 Å². The molecule has 6 heteroatoms.